The highest BCUT2D eigenvalue weighted by Crippen LogP contribution is 2.44. The van der Waals surface area contributed by atoms with Gasteiger partial charge in [0.05, 0.1) is 0 Å². The zero-order valence-corrected chi connectivity index (χ0v) is 19.8. The first kappa shape index (κ1) is 24.9. The maximum absolute atomic E-state index is 12.4. The number of hydrogen-bond acceptors (Lipinski definition) is 4. The molecule has 1 aliphatic rings. The number of allylic oxidation sites excluding steroid dienone is 1. The Morgan fingerprint density at radius 1 is 0.939 bits per heavy atom. The van der Waals surface area contributed by atoms with E-state index in [1.807, 2.05) is 48.6 Å². The van der Waals surface area contributed by atoms with Crippen LogP contribution in [0.25, 0.3) is 11.1 Å². The van der Waals surface area contributed by atoms with Crippen LogP contribution in [0.2, 0.25) is 0 Å². The van der Waals surface area contributed by atoms with Crippen molar-refractivity contribution in [3.63, 3.8) is 0 Å². The number of fused-ring (bicyclic) bond motifs is 3. The maximum atomic E-state index is 12.4. The van der Waals surface area contributed by atoms with Crippen LogP contribution >= 0.6 is 12.6 Å². The Bertz CT molecular complexity index is 913. The minimum absolute atomic E-state index is 0.0564. The Balaban J connectivity index is 1.46. The van der Waals surface area contributed by atoms with E-state index in [0.29, 0.717) is 0 Å². The summed E-state index contributed by atoms with van der Waals surface area (Å²) in [5, 5.41) is 12.0. The molecule has 0 fully saturated rings. The molecular formula is C27H33NO4S. The Morgan fingerprint density at radius 2 is 1.55 bits per heavy atom. The van der Waals surface area contributed by atoms with Gasteiger partial charge in [0.25, 0.3) is 0 Å². The van der Waals surface area contributed by atoms with Crippen molar-refractivity contribution in [1.29, 1.82) is 0 Å². The molecule has 6 heteroatoms. The zero-order chi connectivity index (χ0) is 23.5. The van der Waals surface area contributed by atoms with Crippen molar-refractivity contribution in [3.8, 4) is 11.1 Å². The van der Waals surface area contributed by atoms with Crippen molar-refractivity contribution >= 4 is 24.7 Å². The number of carbonyl (C=O) groups is 2. The molecule has 0 saturated carbocycles. The number of carbonyl (C=O) groups excluding carboxylic acids is 1. The van der Waals surface area contributed by atoms with Gasteiger partial charge in [-0.1, -0.05) is 79.9 Å². The predicted molar refractivity (Wildman–Crippen MR) is 135 cm³/mol. The number of carboxylic acid groups (broad SMARTS) is 1. The first-order valence-corrected chi connectivity index (χ1v) is 12.3. The number of nitrogens with one attached hydrogen (secondary N) is 1. The summed E-state index contributed by atoms with van der Waals surface area (Å²) in [6.45, 7) is 0.162. The third-order valence-corrected chi connectivity index (χ3v) is 6.32. The van der Waals surface area contributed by atoms with Gasteiger partial charge in [-0.3, -0.25) is 0 Å². The molecule has 0 radical (unpaired) electrons. The van der Waals surface area contributed by atoms with Crippen molar-refractivity contribution < 1.29 is 19.4 Å². The zero-order valence-electron chi connectivity index (χ0n) is 18.9. The standard InChI is InChI=1S/C27H33NO4S/c29-26(30)25(17-7-5-3-1-2-4-6-12-18-33)28-27(31)32-19-24-22-15-10-8-13-20(22)21-14-9-11-16-23(21)24/h5,7-11,13-16,24-25,33H,1-4,6,12,17-19H2,(H,28,31)(H,29,30)/b7-5+/t25-/m0/s1. The number of benzene rings is 2. The Kier molecular flexibility index (Phi) is 9.88. The molecule has 0 heterocycles. The topological polar surface area (TPSA) is 75.6 Å². The summed E-state index contributed by atoms with van der Waals surface area (Å²) in [5.41, 5.74) is 4.54. The van der Waals surface area contributed by atoms with Crippen LogP contribution < -0.4 is 5.32 Å². The van der Waals surface area contributed by atoms with Gasteiger partial charge in [-0.05, 0) is 53.7 Å². The van der Waals surface area contributed by atoms with Crippen LogP contribution in [0.5, 0.6) is 0 Å². The third kappa shape index (κ3) is 7.13. The number of hydrogen-bond donors (Lipinski definition) is 3. The van der Waals surface area contributed by atoms with Gasteiger partial charge in [-0.25, -0.2) is 9.59 Å². The lowest BCUT2D eigenvalue weighted by Gasteiger charge is -2.16. The average molecular weight is 468 g/mol. The predicted octanol–water partition coefficient (Wildman–Crippen LogP) is 6.20. The monoisotopic (exact) mass is 467 g/mol. The molecule has 1 atom stereocenters. The van der Waals surface area contributed by atoms with E-state index in [4.69, 9.17) is 4.74 Å². The SMILES string of the molecule is O=C(N[C@@H](C/C=C/CCCCCCCS)C(=O)O)OCC1c2ccccc2-c2ccccc21. The number of ether oxygens (including phenoxy) is 1. The van der Waals surface area contributed by atoms with Crippen LogP contribution in [0.1, 0.15) is 62.0 Å². The molecule has 33 heavy (non-hydrogen) atoms. The van der Waals surface area contributed by atoms with Gasteiger partial charge in [0, 0.05) is 5.92 Å². The van der Waals surface area contributed by atoms with Gasteiger partial charge in [-0.15, -0.1) is 0 Å². The molecule has 0 saturated heterocycles. The molecule has 0 aliphatic heterocycles. The van der Waals surface area contributed by atoms with Crippen molar-refractivity contribution in [1.82, 2.24) is 5.32 Å². The molecular weight excluding hydrogens is 434 g/mol. The summed E-state index contributed by atoms with van der Waals surface area (Å²) in [4.78, 5) is 24.0. The summed E-state index contributed by atoms with van der Waals surface area (Å²) in [7, 11) is 0. The van der Waals surface area contributed by atoms with E-state index in [9.17, 15) is 14.7 Å². The average Bonchev–Trinajstić information content (AvgIpc) is 3.14. The van der Waals surface area contributed by atoms with E-state index in [2.05, 4.69) is 30.1 Å². The Hall–Kier alpha value is -2.73. The minimum atomic E-state index is -1.07. The third-order valence-electron chi connectivity index (χ3n) is 6.00. The van der Waals surface area contributed by atoms with Crippen LogP contribution in [-0.4, -0.2) is 35.6 Å². The highest BCUT2D eigenvalue weighted by Gasteiger charge is 2.29. The Labute approximate surface area is 201 Å². The van der Waals surface area contributed by atoms with Crippen LogP contribution in [0.15, 0.2) is 60.7 Å². The van der Waals surface area contributed by atoms with Gasteiger partial charge in [-0.2, -0.15) is 12.6 Å². The van der Waals surface area contributed by atoms with Crippen molar-refractivity contribution in [2.24, 2.45) is 0 Å². The molecule has 1 aliphatic carbocycles. The second kappa shape index (κ2) is 13.1. The van der Waals surface area contributed by atoms with Crippen molar-refractivity contribution in [3.05, 3.63) is 71.8 Å². The van der Waals surface area contributed by atoms with E-state index >= 15 is 0 Å². The summed E-state index contributed by atoms with van der Waals surface area (Å²) < 4.78 is 5.47. The first-order valence-electron chi connectivity index (χ1n) is 11.7. The second-order valence-electron chi connectivity index (χ2n) is 8.35. The first-order chi connectivity index (χ1) is 16.1. The van der Waals surface area contributed by atoms with Gasteiger partial charge in [0.1, 0.15) is 12.6 Å². The lowest BCUT2D eigenvalue weighted by Crippen LogP contribution is -2.41. The lowest BCUT2D eigenvalue weighted by atomic mass is 9.98. The quantitative estimate of drug-likeness (QED) is 0.186. The van der Waals surface area contributed by atoms with E-state index in [0.717, 1.165) is 47.3 Å². The number of alkyl carbamates (subject to hydrolysis) is 1. The number of amides is 1. The largest absolute Gasteiger partial charge is 0.480 e. The minimum Gasteiger partial charge on any atom is -0.480 e. The number of thiol groups is 1. The molecule has 2 aromatic carbocycles. The smallest absolute Gasteiger partial charge is 0.407 e. The van der Waals surface area contributed by atoms with Gasteiger partial charge in [0.2, 0.25) is 0 Å². The summed E-state index contributed by atoms with van der Waals surface area (Å²) in [5.74, 6) is -0.188. The number of carboxylic acids is 1. The Morgan fingerprint density at radius 3 is 2.18 bits per heavy atom. The van der Waals surface area contributed by atoms with Gasteiger partial charge < -0.3 is 15.2 Å². The summed E-state index contributed by atoms with van der Waals surface area (Å²) >= 11 is 4.21. The van der Waals surface area contributed by atoms with E-state index in [1.165, 1.54) is 19.3 Å². The van der Waals surface area contributed by atoms with Crippen LogP contribution in [0.3, 0.4) is 0 Å². The van der Waals surface area contributed by atoms with Crippen LogP contribution in [0, 0.1) is 0 Å². The molecule has 3 rings (SSSR count). The fourth-order valence-corrected chi connectivity index (χ4v) is 4.48. The molecule has 0 bridgehead atoms. The second-order valence-corrected chi connectivity index (χ2v) is 8.80. The molecule has 0 spiro atoms. The van der Waals surface area contributed by atoms with Crippen molar-refractivity contribution in [2.45, 2.75) is 56.9 Å². The normalized spacial score (nSPS) is 13.5. The highest BCUT2D eigenvalue weighted by atomic mass is 32.1. The van der Waals surface area contributed by atoms with Gasteiger partial charge >= 0.3 is 12.1 Å². The fourth-order valence-electron chi connectivity index (χ4n) is 4.26. The summed E-state index contributed by atoms with van der Waals surface area (Å²) in [6.07, 6.45) is 10.1. The number of unbranched alkanes of at least 4 members (excludes halogenated alkanes) is 5. The number of rotatable bonds is 13. The highest BCUT2D eigenvalue weighted by molar-refractivity contribution is 7.80. The number of aliphatic carboxylic acids is 1. The maximum Gasteiger partial charge on any atom is 0.407 e. The molecule has 0 aromatic heterocycles. The summed E-state index contributed by atoms with van der Waals surface area (Å²) in [6, 6.07) is 15.2. The van der Waals surface area contributed by atoms with E-state index < -0.39 is 18.1 Å². The molecule has 2 N–H and O–H groups in total. The van der Waals surface area contributed by atoms with E-state index in [-0.39, 0.29) is 18.9 Å². The van der Waals surface area contributed by atoms with Gasteiger partial charge in [0.15, 0.2) is 0 Å². The molecule has 1 amide bonds. The van der Waals surface area contributed by atoms with Crippen LogP contribution in [-0.2, 0) is 9.53 Å². The molecule has 176 valence electrons. The fraction of sp³-hybridized carbons (Fsp3) is 0.407. The molecule has 0 unspecified atom stereocenters. The van der Waals surface area contributed by atoms with Crippen LogP contribution in [0.4, 0.5) is 4.79 Å². The molecule has 5 nitrogen and oxygen atoms in total. The van der Waals surface area contributed by atoms with Crippen molar-refractivity contribution in [2.75, 3.05) is 12.4 Å². The lowest BCUT2D eigenvalue weighted by molar-refractivity contribution is -0.139. The molecule has 2 aromatic rings. The van der Waals surface area contributed by atoms with E-state index in [1.54, 1.807) is 0 Å².